The lowest BCUT2D eigenvalue weighted by atomic mass is 9.68. The third kappa shape index (κ3) is 33.4. The Labute approximate surface area is 810 Å². The summed E-state index contributed by atoms with van der Waals surface area (Å²) in [6.07, 6.45) is 53.6. The summed E-state index contributed by atoms with van der Waals surface area (Å²) in [5, 5.41) is 0. The lowest BCUT2D eigenvalue weighted by molar-refractivity contribution is 0.155. The summed E-state index contributed by atoms with van der Waals surface area (Å²) in [4.78, 5) is 0. The Kier molecular flexibility index (Phi) is 41.1. The fraction of sp³-hybridized carbons (Fsp3) is 0.538. The Bertz CT molecular complexity index is 4220. The van der Waals surface area contributed by atoms with Gasteiger partial charge in [-0.15, -0.1) is 0 Å². The Morgan fingerprint density at radius 3 is 0.354 bits per heavy atom. The molecule has 0 N–H and O–H groups in total. The molecule has 0 aliphatic heterocycles. The zero-order valence-electron chi connectivity index (χ0n) is 84.9. The van der Waals surface area contributed by atoms with Crippen LogP contribution in [0, 0.1) is 151 Å². The quantitative estimate of drug-likeness (QED) is 0.121. The molecule has 0 radical (unpaired) electrons. The zero-order chi connectivity index (χ0) is 91.7. The van der Waals surface area contributed by atoms with Crippen LogP contribution < -0.4 is 0 Å². The minimum absolute atomic E-state index is 0. The summed E-state index contributed by atoms with van der Waals surface area (Å²) in [6, 6.07) is 88.4. The van der Waals surface area contributed by atoms with Crippen LogP contribution in [-0.4, -0.2) is 0 Å². The van der Waals surface area contributed by atoms with E-state index in [2.05, 4.69) is 353 Å². The van der Waals surface area contributed by atoms with Gasteiger partial charge >= 0.3 is 0 Å². The largest absolute Gasteiger partial charge is 0.0625 e. The van der Waals surface area contributed by atoms with Gasteiger partial charge in [0.1, 0.15) is 0 Å². The maximum atomic E-state index is 2.44. The summed E-state index contributed by atoms with van der Waals surface area (Å²) in [5.41, 5.74) is 27.0. The molecule has 9 saturated carbocycles. The highest BCUT2D eigenvalue weighted by atomic mass is 14.4. The highest BCUT2D eigenvalue weighted by Gasteiger charge is 2.34. The number of rotatable bonds is 11. The standard InChI is InChI=1S/2C20H30.C20H24.2C14H26.3C14H14.9H2/c3*1-15-3-7-17(8-4-15)19-11-13-20(14-12-19)18-9-5-16(2)6-10-18;5*1-11-3-7-13(8-4-11)14-9-5-12(2)6-10-14;;;;;;;;;/h2*3-4,7-8,16,18-20H,5-6,9-14H2,1-2H3;3-4,7-8,11-14,16,18H,5-6,9-10H2,1-2H3;2*11-14H,3-10H2,1-2H3;3*3-10H,1-2H3;9*1H. The van der Waals surface area contributed by atoms with E-state index in [9.17, 15) is 0 Å². The molecular formula is C130H196. The van der Waals surface area contributed by atoms with Crippen molar-refractivity contribution in [1.29, 1.82) is 0 Å². The van der Waals surface area contributed by atoms with E-state index < -0.39 is 0 Å². The summed E-state index contributed by atoms with van der Waals surface area (Å²) in [7, 11) is 0. The van der Waals surface area contributed by atoms with Gasteiger partial charge in [0.15, 0.2) is 0 Å². The lowest BCUT2D eigenvalue weighted by Gasteiger charge is -2.37. The molecule has 10 aromatic rings. The van der Waals surface area contributed by atoms with E-state index in [-0.39, 0.29) is 12.8 Å². The van der Waals surface area contributed by atoms with Gasteiger partial charge in [0.2, 0.25) is 0 Å². The van der Waals surface area contributed by atoms with Crippen molar-refractivity contribution in [1.82, 2.24) is 0 Å². The van der Waals surface area contributed by atoms with E-state index in [4.69, 9.17) is 0 Å². The minimum Gasteiger partial charge on any atom is -0.0625 e. The van der Waals surface area contributed by atoms with E-state index >= 15 is 0 Å². The molecule has 0 heterocycles. The SMILES string of the molecule is CC1CCC(C2CCC(C)CC2)CC1.CC1CCC(C2CCC(C)CC2)CC1.Cc1ccc(-c2ccc(C)cc2)cc1.Cc1ccc(-c2ccc(C)cc2)cc1.Cc1ccc(-c2ccc(C)cc2)cc1.Cc1ccc(-c2ccc(C3CCC(C)CC3)cc2)cc1.Cc1ccc(C2CCC(C3CCC(C)CC3)CC2)cc1.Cc1ccc(C2CCC(C3CCC(C)CC3)CC2)cc1.[HH].[HH].[HH].[HH].[HH].[HH].[HH].[HH].[HH]. The van der Waals surface area contributed by atoms with Gasteiger partial charge in [0, 0.05) is 12.8 Å². The van der Waals surface area contributed by atoms with Crippen molar-refractivity contribution in [3.63, 3.8) is 0 Å². The van der Waals surface area contributed by atoms with Crippen molar-refractivity contribution >= 4 is 0 Å². The van der Waals surface area contributed by atoms with Crippen molar-refractivity contribution < 1.29 is 12.8 Å². The number of benzene rings is 10. The second-order valence-corrected chi connectivity index (χ2v) is 44.8. The topological polar surface area (TPSA) is 0 Å². The average Bonchev–Trinajstić information content (AvgIpc) is 0.836. The molecule has 10 aromatic carbocycles. The van der Waals surface area contributed by atoms with Crippen LogP contribution in [0.2, 0.25) is 0 Å². The molecule has 9 aliphatic rings. The van der Waals surface area contributed by atoms with E-state index in [0.717, 1.165) is 107 Å². The fourth-order valence-electron chi connectivity index (χ4n) is 23.8. The first kappa shape index (κ1) is 101. The Hall–Kier alpha value is -7.80. The molecule has 0 unspecified atom stereocenters. The Morgan fingerprint density at radius 2 is 0.215 bits per heavy atom. The van der Waals surface area contributed by atoms with Gasteiger partial charge < -0.3 is 0 Å². The van der Waals surface area contributed by atoms with Crippen LogP contribution in [0.1, 0.15) is 377 Å². The first-order chi connectivity index (χ1) is 62.9. The van der Waals surface area contributed by atoms with Gasteiger partial charge in [-0.05, 0) is 371 Å². The third-order valence-electron chi connectivity index (χ3n) is 33.8. The number of hydrogen-bond donors (Lipinski definition) is 0. The van der Waals surface area contributed by atoms with Gasteiger partial charge in [-0.2, -0.15) is 0 Å². The molecule has 130 heavy (non-hydrogen) atoms. The first-order valence-corrected chi connectivity index (χ1v) is 53.7. The molecule has 0 atom stereocenters. The molecule has 9 fully saturated rings. The summed E-state index contributed by atoms with van der Waals surface area (Å²) in [5.74, 6) is 18.1. The average molecular weight is 1760 g/mol. The summed E-state index contributed by atoms with van der Waals surface area (Å²) < 4.78 is 0. The van der Waals surface area contributed by atoms with Gasteiger partial charge in [0.05, 0.1) is 0 Å². The molecule has 9 aliphatic carbocycles. The molecule has 0 saturated heterocycles. The highest BCUT2D eigenvalue weighted by Crippen LogP contribution is 2.48. The van der Waals surface area contributed by atoms with Crippen molar-refractivity contribution in [2.45, 2.75) is 360 Å². The third-order valence-corrected chi connectivity index (χ3v) is 33.8. The molecule has 19 rings (SSSR count). The monoisotopic (exact) mass is 1760 g/mol. The second kappa shape index (κ2) is 52.7. The van der Waals surface area contributed by atoms with Gasteiger partial charge in [-0.3, -0.25) is 0 Å². The molecule has 0 heteroatoms. The van der Waals surface area contributed by atoms with Crippen molar-refractivity contribution in [3.05, 3.63) is 309 Å². The molecule has 716 valence electrons. The molecule has 0 spiro atoms. The maximum Gasteiger partial charge on any atom is 0 e. The number of hydrogen-bond acceptors (Lipinski definition) is 0. The van der Waals surface area contributed by atoms with Crippen LogP contribution in [-0.2, 0) is 0 Å². The van der Waals surface area contributed by atoms with Crippen LogP contribution in [0.25, 0.3) is 44.5 Å². The van der Waals surface area contributed by atoms with Gasteiger partial charge in [-0.25, -0.2) is 0 Å². The van der Waals surface area contributed by atoms with E-state index in [1.807, 2.05) is 0 Å². The van der Waals surface area contributed by atoms with Gasteiger partial charge in [0.25, 0.3) is 0 Å². The smallest absolute Gasteiger partial charge is 0 e. The van der Waals surface area contributed by atoms with Crippen molar-refractivity contribution in [2.75, 3.05) is 0 Å². The molecular weight excluding hydrogens is 1560 g/mol. The highest BCUT2D eigenvalue weighted by molar-refractivity contribution is 5.67. The predicted octanol–water partition coefficient (Wildman–Crippen LogP) is 41.5. The molecule has 0 aromatic heterocycles. The predicted molar refractivity (Wildman–Crippen MR) is 589 cm³/mol. The summed E-state index contributed by atoms with van der Waals surface area (Å²) in [6.45, 7) is 36.1. The lowest BCUT2D eigenvalue weighted by Crippen LogP contribution is -2.24. The molecule has 0 bridgehead atoms. The molecule has 0 amide bonds. The second-order valence-electron chi connectivity index (χ2n) is 44.8. The number of aryl methyl sites for hydroxylation is 9. The van der Waals surface area contributed by atoms with Gasteiger partial charge in [-0.1, -0.05) is 431 Å². The van der Waals surface area contributed by atoms with E-state index in [1.54, 1.807) is 62.5 Å². The Morgan fingerprint density at radius 1 is 0.123 bits per heavy atom. The maximum absolute atomic E-state index is 2.44. The van der Waals surface area contributed by atoms with Crippen molar-refractivity contribution in [2.24, 2.45) is 88.8 Å². The van der Waals surface area contributed by atoms with Crippen LogP contribution >= 0.6 is 0 Å². The molecule has 0 nitrogen and oxygen atoms in total. The normalized spacial score (nSPS) is 27.2. The van der Waals surface area contributed by atoms with E-state index in [1.165, 1.54) is 280 Å². The van der Waals surface area contributed by atoms with Crippen LogP contribution in [0.5, 0.6) is 0 Å². The fourth-order valence-corrected chi connectivity index (χ4v) is 23.8. The first-order valence-electron chi connectivity index (χ1n) is 53.7. The van der Waals surface area contributed by atoms with Crippen molar-refractivity contribution in [3.8, 4) is 44.5 Å². The summed E-state index contributed by atoms with van der Waals surface area (Å²) >= 11 is 0. The van der Waals surface area contributed by atoms with Crippen LogP contribution in [0.15, 0.2) is 243 Å². The minimum atomic E-state index is 0. The van der Waals surface area contributed by atoms with E-state index in [0.29, 0.717) is 0 Å². The Balaban J connectivity index is 0.000000407. The van der Waals surface area contributed by atoms with Crippen LogP contribution in [0.4, 0.5) is 0 Å². The zero-order valence-corrected chi connectivity index (χ0v) is 84.9. The van der Waals surface area contributed by atoms with Crippen LogP contribution in [0.3, 0.4) is 0 Å².